The van der Waals surface area contributed by atoms with E-state index in [-0.39, 0.29) is 16.9 Å². The Balaban J connectivity index is 1.23. The summed E-state index contributed by atoms with van der Waals surface area (Å²) in [6, 6.07) is 13.6. The summed E-state index contributed by atoms with van der Waals surface area (Å²) in [7, 11) is 0. The van der Waals surface area contributed by atoms with Crippen molar-refractivity contribution in [1.29, 1.82) is 0 Å². The third kappa shape index (κ3) is 2.75. The first kappa shape index (κ1) is 26.4. The average Bonchev–Trinajstić information content (AvgIpc) is 3.80. The van der Waals surface area contributed by atoms with Crippen molar-refractivity contribution in [3.8, 4) is 5.75 Å². The Labute approximate surface area is 261 Å². The van der Waals surface area contributed by atoms with Crippen LogP contribution in [0.3, 0.4) is 0 Å². The first-order valence-electron chi connectivity index (χ1n) is 17.7. The number of nitrogens with one attached hydrogen (secondary N) is 1. The van der Waals surface area contributed by atoms with Crippen molar-refractivity contribution in [2.75, 3.05) is 36.4 Å². The van der Waals surface area contributed by atoms with E-state index < -0.39 is 5.54 Å². The first-order valence-corrected chi connectivity index (χ1v) is 17.7. The normalized spacial score (nSPS) is 41.3. The molecule has 0 amide bonds. The molecule has 7 aliphatic heterocycles. The molecule has 1 aliphatic carbocycles. The lowest BCUT2D eigenvalue weighted by molar-refractivity contribution is -0.0313. The second-order valence-corrected chi connectivity index (χ2v) is 15.7. The van der Waals surface area contributed by atoms with Gasteiger partial charge in [-0.25, -0.2) is 0 Å². The predicted octanol–water partition coefficient (Wildman–Crippen LogP) is 6.54. The van der Waals surface area contributed by atoms with Gasteiger partial charge in [0.15, 0.2) is 5.78 Å². The molecule has 2 aromatic rings. The molecule has 0 aromatic heterocycles. The van der Waals surface area contributed by atoms with Gasteiger partial charge in [0, 0.05) is 57.9 Å². The van der Waals surface area contributed by atoms with Gasteiger partial charge in [0.2, 0.25) is 0 Å². The maximum atomic E-state index is 14.8. The van der Waals surface area contributed by atoms with Gasteiger partial charge in [-0.3, -0.25) is 14.6 Å². The zero-order valence-electron chi connectivity index (χ0n) is 26.4. The zero-order chi connectivity index (χ0) is 29.6. The number of carbonyl (C=O) groups is 1. The molecule has 6 heteroatoms. The monoisotopic (exact) mass is 590 g/mol. The minimum atomic E-state index is -0.566. The summed E-state index contributed by atoms with van der Waals surface area (Å²) >= 11 is 0. The van der Waals surface area contributed by atoms with Gasteiger partial charge < -0.3 is 15.3 Å². The lowest BCUT2D eigenvalue weighted by Gasteiger charge is -2.58. The largest absolute Gasteiger partial charge is 0.508 e. The van der Waals surface area contributed by atoms with Gasteiger partial charge in [-0.2, -0.15) is 0 Å². The molecule has 2 spiro atoms. The van der Waals surface area contributed by atoms with Crippen molar-refractivity contribution in [3.05, 3.63) is 59.2 Å². The highest BCUT2D eigenvalue weighted by atomic mass is 16.3. The molecule has 2 aromatic carbocycles. The van der Waals surface area contributed by atoms with Crippen molar-refractivity contribution >= 4 is 22.9 Å². The third-order valence-corrected chi connectivity index (χ3v) is 14.6. The number of rotatable bonds is 3. The Morgan fingerprint density at radius 3 is 2.50 bits per heavy atom. The fraction of sp³-hybridized carbons (Fsp3) is 0.605. The van der Waals surface area contributed by atoms with Gasteiger partial charge in [0.25, 0.3) is 0 Å². The average molecular weight is 591 g/mol. The minimum Gasteiger partial charge on any atom is -0.508 e. The van der Waals surface area contributed by atoms with E-state index in [0.717, 1.165) is 68.7 Å². The van der Waals surface area contributed by atoms with E-state index in [2.05, 4.69) is 64.2 Å². The third-order valence-electron chi connectivity index (χ3n) is 14.6. The fourth-order valence-corrected chi connectivity index (χ4v) is 13.1. The Hall–Kier alpha value is -2.83. The zero-order valence-corrected chi connectivity index (χ0v) is 26.4. The number of Topliss-reactive ketones (excluding diaryl/α,β-unsaturated/α-hetero) is 1. The van der Waals surface area contributed by atoms with E-state index >= 15 is 0 Å². The van der Waals surface area contributed by atoms with Gasteiger partial charge in [-0.15, -0.1) is 0 Å². The van der Waals surface area contributed by atoms with Crippen LogP contribution < -0.4 is 10.2 Å². The highest BCUT2D eigenvalue weighted by molar-refractivity contribution is 6.19. The highest BCUT2D eigenvalue weighted by Crippen LogP contribution is 2.68. The SMILES string of the molecule is CC[C@]12C=C(c3ccc(O)c4c3N[C@@H]3CC[C@@]5(CC)CCCN6CC[C@@]43[C@H]65)N3c4ccccc4C(=O)[C@]34CCN(CCC1)[C@H]24. The molecule has 4 saturated heterocycles. The summed E-state index contributed by atoms with van der Waals surface area (Å²) in [6.07, 6.45) is 14.2. The molecule has 2 N–H and O–H groups in total. The molecule has 0 bridgehead atoms. The molecule has 1 saturated carbocycles. The lowest BCUT2D eigenvalue weighted by Crippen LogP contribution is -2.67. The summed E-state index contributed by atoms with van der Waals surface area (Å²) in [5, 5.41) is 16.0. The van der Waals surface area contributed by atoms with Crippen LogP contribution in [0.5, 0.6) is 5.75 Å². The molecule has 5 fully saturated rings. The quantitative estimate of drug-likeness (QED) is 0.423. The number of ketones is 1. The maximum Gasteiger partial charge on any atom is 0.192 e. The number of phenols is 1. The molecule has 7 atom stereocenters. The van der Waals surface area contributed by atoms with Gasteiger partial charge in [0.1, 0.15) is 11.3 Å². The standard InChI is InChI=1S/C38H46N4O2/c1-3-35-14-7-19-40-21-17-37(33(35)40)29(13-16-35)39-31-24(11-12-28(43)30(31)37)27-23-36(4-2)15-8-20-41-22-18-38(34(36)41)32(44)25-9-5-6-10-26(25)42(27)38/h5-6,9-12,23,29,33-34,39,43H,3-4,7-8,13-22H2,1-2H3/t29-,33-,34-,35-,36-,37+,38+/m1/s1. The number of hydrogen-bond acceptors (Lipinski definition) is 6. The summed E-state index contributed by atoms with van der Waals surface area (Å²) in [4.78, 5) is 22.7. The Kier molecular flexibility index (Phi) is 5.10. The minimum absolute atomic E-state index is 0.0440. The molecule has 0 radical (unpaired) electrons. The number of aromatic hydroxyl groups is 1. The summed E-state index contributed by atoms with van der Waals surface area (Å²) < 4.78 is 0. The number of benzene rings is 2. The second-order valence-electron chi connectivity index (χ2n) is 15.7. The van der Waals surface area contributed by atoms with Gasteiger partial charge >= 0.3 is 0 Å². The van der Waals surface area contributed by atoms with Crippen LogP contribution in [0.1, 0.15) is 99.5 Å². The van der Waals surface area contributed by atoms with Gasteiger partial charge in [-0.05, 0) is 114 Å². The molecule has 6 nitrogen and oxygen atoms in total. The van der Waals surface area contributed by atoms with E-state index in [1.807, 2.05) is 12.1 Å². The van der Waals surface area contributed by atoms with Crippen molar-refractivity contribution < 1.29 is 9.90 Å². The topological polar surface area (TPSA) is 59.1 Å². The Morgan fingerprint density at radius 1 is 0.864 bits per heavy atom. The fourth-order valence-electron chi connectivity index (χ4n) is 13.1. The second kappa shape index (κ2) is 8.50. The smallest absolute Gasteiger partial charge is 0.192 e. The molecule has 10 rings (SSSR count). The van der Waals surface area contributed by atoms with Crippen molar-refractivity contribution in [3.63, 3.8) is 0 Å². The summed E-state index contributed by atoms with van der Waals surface area (Å²) in [6.45, 7) is 9.15. The summed E-state index contributed by atoms with van der Waals surface area (Å²) in [5.74, 6) is 0.790. The number of para-hydroxylation sites is 1. The van der Waals surface area contributed by atoms with Crippen LogP contribution >= 0.6 is 0 Å². The van der Waals surface area contributed by atoms with E-state index in [9.17, 15) is 9.90 Å². The molecular weight excluding hydrogens is 544 g/mol. The van der Waals surface area contributed by atoms with Crippen LogP contribution in [0.15, 0.2) is 42.5 Å². The van der Waals surface area contributed by atoms with Crippen molar-refractivity contribution in [2.45, 2.75) is 107 Å². The van der Waals surface area contributed by atoms with Gasteiger partial charge in [0.05, 0.1) is 11.4 Å². The maximum absolute atomic E-state index is 14.8. The van der Waals surface area contributed by atoms with E-state index in [0.29, 0.717) is 29.0 Å². The van der Waals surface area contributed by atoms with Crippen LogP contribution in [-0.2, 0) is 5.41 Å². The van der Waals surface area contributed by atoms with Crippen LogP contribution in [0.2, 0.25) is 0 Å². The molecule has 0 unspecified atom stereocenters. The van der Waals surface area contributed by atoms with Crippen LogP contribution in [0.25, 0.3) is 5.70 Å². The number of anilines is 2. The van der Waals surface area contributed by atoms with E-state index in [1.165, 1.54) is 55.5 Å². The molecular formula is C38H46N4O2. The number of piperidine rings is 2. The molecule has 44 heavy (non-hydrogen) atoms. The highest BCUT2D eigenvalue weighted by Gasteiger charge is 2.70. The number of hydrogen-bond donors (Lipinski definition) is 2. The molecule has 7 heterocycles. The van der Waals surface area contributed by atoms with Gasteiger partial charge in [-0.1, -0.05) is 32.1 Å². The van der Waals surface area contributed by atoms with Crippen molar-refractivity contribution in [2.24, 2.45) is 10.8 Å². The van der Waals surface area contributed by atoms with Crippen LogP contribution in [0, 0.1) is 10.8 Å². The number of phenolic OH excluding ortho intramolecular Hbond substituents is 1. The predicted molar refractivity (Wildman–Crippen MR) is 174 cm³/mol. The van der Waals surface area contributed by atoms with E-state index in [4.69, 9.17) is 0 Å². The molecule has 8 aliphatic rings. The van der Waals surface area contributed by atoms with E-state index in [1.54, 1.807) is 0 Å². The number of carbonyl (C=O) groups excluding carboxylic acids is 1. The van der Waals surface area contributed by atoms with Crippen LogP contribution in [0.4, 0.5) is 11.4 Å². The van der Waals surface area contributed by atoms with Crippen molar-refractivity contribution in [1.82, 2.24) is 9.80 Å². The Bertz CT molecular complexity index is 1650. The first-order chi connectivity index (χ1) is 21.4. The van der Waals surface area contributed by atoms with Crippen LogP contribution in [-0.4, -0.2) is 70.5 Å². The Morgan fingerprint density at radius 2 is 1.66 bits per heavy atom. The number of nitrogens with zero attached hydrogens (tertiary/aromatic N) is 3. The lowest BCUT2D eigenvalue weighted by atomic mass is 9.52. The summed E-state index contributed by atoms with van der Waals surface area (Å²) in [5.41, 5.74) is 6.35. The molecule has 230 valence electrons. The number of fused-ring (bicyclic) bond motifs is 3.